The summed E-state index contributed by atoms with van der Waals surface area (Å²) in [6.07, 6.45) is 5.59. The monoisotopic (exact) mass is 440 g/mol. The molecule has 0 spiro atoms. The fourth-order valence-electron chi connectivity index (χ4n) is 4.05. The summed E-state index contributed by atoms with van der Waals surface area (Å²) in [6.45, 7) is 2.41. The van der Waals surface area contributed by atoms with E-state index in [9.17, 15) is 18.8 Å². The topological polar surface area (TPSA) is 104 Å². The van der Waals surface area contributed by atoms with Gasteiger partial charge in [-0.2, -0.15) is 15.5 Å². The molecule has 1 aliphatic rings. The van der Waals surface area contributed by atoms with E-state index in [2.05, 4.69) is 27.0 Å². The Labute approximate surface area is 183 Å². The number of urea groups is 1. The maximum atomic E-state index is 13.8. The lowest BCUT2D eigenvalue weighted by molar-refractivity contribution is 0.247. The molecule has 32 heavy (non-hydrogen) atoms. The van der Waals surface area contributed by atoms with Gasteiger partial charge in [0.2, 0.25) is 0 Å². The highest BCUT2D eigenvalue weighted by atomic mass is 19.2. The number of benzene rings is 1. The molecule has 1 saturated heterocycles. The van der Waals surface area contributed by atoms with E-state index >= 15 is 0 Å². The predicted molar refractivity (Wildman–Crippen MR) is 112 cm³/mol. The number of nitrogens with one attached hydrogen (secondary N) is 2. The lowest BCUT2D eigenvalue weighted by atomic mass is 9.94. The average molecular weight is 440 g/mol. The Balaban J connectivity index is 1.52. The third kappa shape index (κ3) is 3.99. The van der Waals surface area contributed by atoms with Gasteiger partial charge in [0.15, 0.2) is 17.8 Å². The van der Waals surface area contributed by atoms with Crippen molar-refractivity contribution in [2.45, 2.75) is 18.9 Å². The predicted octanol–water partition coefficient (Wildman–Crippen LogP) is 2.48. The Kier molecular flexibility index (Phi) is 5.52. The van der Waals surface area contributed by atoms with Gasteiger partial charge < -0.3 is 10.2 Å². The molecule has 1 fully saturated rings. The molecule has 0 aliphatic carbocycles. The molecule has 0 bridgehead atoms. The summed E-state index contributed by atoms with van der Waals surface area (Å²) in [7, 11) is 3.53. The van der Waals surface area contributed by atoms with Gasteiger partial charge in [0.05, 0.1) is 12.2 Å². The molecule has 166 valence electrons. The number of likely N-dealkylation sites (tertiary alicyclic amines) is 1. The highest BCUT2D eigenvalue weighted by Crippen LogP contribution is 2.30. The maximum absolute atomic E-state index is 13.8. The Bertz CT molecular complexity index is 1210. The van der Waals surface area contributed by atoms with Crippen molar-refractivity contribution >= 4 is 11.8 Å². The number of amides is 2. The van der Waals surface area contributed by atoms with E-state index in [0.29, 0.717) is 23.6 Å². The highest BCUT2D eigenvalue weighted by Gasteiger charge is 2.35. The van der Waals surface area contributed by atoms with Gasteiger partial charge in [-0.15, -0.1) is 0 Å². The van der Waals surface area contributed by atoms with Crippen molar-refractivity contribution in [3.63, 3.8) is 0 Å². The molecule has 11 heteroatoms. The number of hydrogen-bond donors (Lipinski definition) is 2. The number of nitrogens with zero attached hydrogens (tertiary/aromatic N) is 6. The number of carbonyl (C=O) groups is 1. The van der Waals surface area contributed by atoms with Crippen LogP contribution in [0.15, 0.2) is 30.6 Å². The lowest BCUT2D eigenvalue weighted by Crippen LogP contribution is -2.42. The second kappa shape index (κ2) is 8.30. The molecule has 1 aliphatic heterocycles. The fraction of sp³-hybridized carbons (Fsp3) is 0.333. The van der Waals surface area contributed by atoms with Crippen molar-refractivity contribution in [1.82, 2.24) is 29.8 Å². The zero-order valence-corrected chi connectivity index (χ0v) is 17.8. The van der Waals surface area contributed by atoms with E-state index in [1.54, 1.807) is 22.6 Å². The maximum Gasteiger partial charge on any atom is 0.320 e. The standard InChI is InChI=1S/C21H22F2N8O/c1-12-19(14-7-25-29(2)8-14)28-30(3)20(12)27-21(32)26-18-10-31(11-24)9-15(18)13-4-5-16(22)17(23)6-13/h4-8,15,18H,9-10H2,1-3H3,(H2,26,27,32)/t15?,18-/m1/s1. The van der Waals surface area contributed by atoms with Gasteiger partial charge in [0.25, 0.3) is 0 Å². The molecule has 0 saturated carbocycles. The van der Waals surface area contributed by atoms with Crippen molar-refractivity contribution in [1.29, 1.82) is 5.26 Å². The van der Waals surface area contributed by atoms with Crippen LogP contribution < -0.4 is 10.6 Å². The quantitative estimate of drug-likeness (QED) is 0.607. The normalized spacial score (nSPS) is 17.9. The molecule has 3 heterocycles. The van der Waals surface area contributed by atoms with E-state index < -0.39 is 23.7 Å². The van der Waals surface area contributed by atoms with Gasteiger partial charge in [-0.05, 0) is 24.6 Å². The summed E-state index contributed by atoms with van der Waals surface area (Å²) >= 11 is 0. The van der Waals surface area contributed by atoms with E-state index in [4.69, 9.17) is 0 Å². The molecule has 2 amide bonds. The third-order valence-electron chi connectivity index (χ3n) is 5.64. The zero-order chi connectivity index (χ0) is 23.0. The molecule has 3 aromatic rings. The number of rotatable bonds is 4. The molecule has 1 unspecified atom stereocenters. The smallest absolute Gasteiger partial charge is 0.320 e. The van der Waals surface area contributed by atoms with Crippen LogP contribution in [0.1, 0.15) is 17.0 Å². The van der Waals surface area contributed by atoms with Crippen molar-refractivity contribution in [3.05, 3.63) is 53.4 Å². The number of halogens is 2. The molecule has 0 radical (unpaired) electrons. The van der Waals surface area contributed by atoms with E-state index in [-0.39, 0.29) is 12.5 Å². The van der Waals surface area contributed by atoms with Gasteiger partial charge in [0.1, 0.15) is 11.5 Å². The summed E-state index contributed by atoms with van der Waals surface area (Å²) in [6, 6.07) is 2.69. The molecule has 1 aromatic carbocycles. The van der Waals surface area contributed by atoms with Gasteiger partial charge in [0, 0.05) is 50.4 Å². The molecule has 2 aromatic heterocycles. The molecular weight excluding hydrogens is 418 g/mol. The van der Waals surface area contributed by atoms with Crippen molar-refractivity contribution in [2.75, 3.05) is 18.4 Å². The van der Waals surface area contributed by atoms with Gasteiger partial charge in [-0.1, -0.05) is 6.07 Å². The number of hydrogen-bond acceptors (Lipinski definition) is 5. The van der Waals surface area contributed by atoms with Crippen LogP contribution in [-0.4, -0.2) is 49.6 Å². The first-order chi connectivity index (χ1) is 15.3. The molecule has 2 atom stereocenters. The minimum atomic E-state index is -0.963. The first kappa shape index (κ1) is 21.3. The van der Waals surface area contributed by atoms with Crippen molar-refractivity contribution < 1.29 is 13.6 Å². The van der Waals surface area contributed by atoms with Crippen LogP contribution in [-0.2, 0) is 14.1 Å². The third-order valence-corrected chi connectivity index (χ3v) is 5.64. The zero-order valence-electron chi connectivity index (χ0n) is 17.8. The summed E-state index contributed by atoms with van der Waals surface area (Å²) in [4.78, 5) is 14.3. The minimum Gasteiger partial charge on any atom is -0.333 e. The van der Waals surface area contributed by atoms with Gasteiger partial charge in [-0.25, -0.2) is 13.6 Å². The summed E-state index contributed by atoms with van der Waals surface area (Å²) < 4.78 is 30.3. The number of aryl methyl sites for hydroxylation is 2. The first-order valence-corrected chi connectivity index (χ1v) is 9.96. The molecule has 9 nitrogen and oxygen atoms in total. The molecule has 2 N–H and O–H groups in total. The van der Waals surface area contributed by atoms with Gasteiger partial charge in [-0.3, -0.25) is 14.7 Å². The van der Waals surface area contributed by atoms with Crippen molar-refractivity contribution in [2.24, 2.45) is 14.1 Å². The Morgan fingerprint density at radius 2 is 2.03 bits per heavy atom. The highest BCUT2D eigenvalue weighted by molar-refractivity contribution is 5.90. The largest absolute Gasteiger partial charge is 0.333 e. The minimum absolute atomic E-state index is 0.263. The van der Waals surface area contributed by atoms with E-state index in [0.717, 1.165) is 23.3 Å². The Hall–Kier alpha value is -3.94. The van der Waals surface area contributed by atoms with E-state index in [1.807, 2.05) is 20.2 Å². The van der Waals surface area contributed by atoms with Crippen LogP contribution in [0.2, 0.25) is 0 Å². The Morgan fingerprint density at radius 1 is 1.25 bits per heavy atom. The van der Waals surface area contributed by atoms with Crippen LogP contribution >= 0.6 is 0 Å². The lowest BCUT2D eigenvalue weighted by Gasteiger charge is -2.20. The summed E-state index contributed by atoms with van der Waals surface area (Å²) in [5.74, 6) is -1.76. The van der Waals surface area contributed by atoms with Crippen LogP contribution in [0.25, 0.3) is 11.3 Å². The summed E-state index contributed by atoms with van der Waals surface area (Å²) in [5, 5.41) is 23.6. The van der Waals surface area contributed by atoms with Crippen molar-refractivity contribution in [3.8, 4) is 17.5 Å². The number of carbonyl (C=O) groups excluding carboxylic acids is 1. The average Bonchev–Trinajstić information content (AvgIpc) is 3.44. The number of aromatic nitrogens is 4. The fourth-order valence-corrected chi connectivity index (χ4v) is 4.05. The summed E-state index contributed by atoms with van der Waals surface area (Å²) in [5.41, 5.74) is 2.82. The van der Waals surface area contributed by atoms with E-state index in [1.165, 1.54) is 11.0 Å². The number of anilines is 1. The van der Waals surface area contributed by atoms with Gasteiger partial charge >= 0.3 is 6.03 Å². The number of nitriles is 1. The second-order valence-corrected chi connectivity index (χ2v) is 7.84. The van der Waals surface area contributed by atoms with Crippen LogP contribution in [0, 0.1) is 30.0 Å². The molecular formula is C21H22F2N8O. The molecule has 4 rings (SSSR count). The Morgan fingerprint density at radius 3 is 2.69 bits per heavy atom. The van der Waals surface area contributed by atoms with Crippen LogP contribution in [0.5, 0.6) is 0 Å². The van der Waals surface area contributed by atoms with Crippen LogP contribution in [0.4, 0.5) is 19.4 Å². The first-order valence-electron chi connectivity index (χ1n) is 9.96. The SMILES string of the molecule is Cc1c(-c2cnn(C)c2)nn(C)c1NC(=O)N[C@@H]1CN(C#N)CC1c1ccc(F)c(F)c1. The second-order valence-electron chi connectivity index (χ2n) is 7.84. The van der Waals surface area contributed by atoms with Crippen LogP contribution in [0.3, 0.4) is 0 Å².